The molecular formula is C60H51B2N7PtSi-2. The molecule has 7 nitrogen and oxygen atoms in total. The molecule has 11 heteroatoms. The van der Waals surface area contributed by atoms with Crippen LogP contribution in [0.2, 0.25) is 13.1 Å². The minimum atomic E-state index is -2.33. The van der Waals surface area contributed by atoms with E-state index in [-0.39, 0.29) is 35.0 Å². The maximum Gasteiger partial charge on any atom is 0.420 e. The number of imidazole rings is 1. The van der Waals surface area contributed by atoms with E-state index in [1.165, 1.54) is 60.3 Å². The van der Waals surface area contributed by atoms with Crippen molar-refractivity contribution in [1.82, 2.24) is 9.55 Å². The van der Waals surface area contributed by atoms with Gasteiger partial charge in [0.25, 0.3) is 6.33 Å². The van der Waals surface area contributed by atoms with Crippen LogP contribution in [0.5, 0.6) is 0 Å². The van der Waals surface area contributed by atoms with Gasteiger partial charge in [-0.05, 0) is 93.5 Å². The molecule has 0 bridgehead atoms. The zero-order valence-electron chi connectivity index (χ0n) is 40.8. The van der Waals surface area contributed by atoms with Crippen LogP contribution in [-0.2, 0) is 21.1 Å². The first kappa shape index (κ1) is 45.0. The number of aryl methyl sites for hydroxylation is 4. The first-order valence-corrected chi connectivity index (χ1v) is 27.5. The molecule has 0 N–H and O–H groups in total. The Morgan fingerprint density at radius 2 is 1.17 bits per heavy atom. The van der Waals surface area contributed by atoms with Crippen LogP contribution in [0.4, 0.5) is 45.6 Å². The molecule has 4 aliphatic rings. The molecule has 0 saturated heterocycles. The van der Waals surface area contributed by atoms with Gasteiger partial charge in [-0.15, -0.1) is 23.4 Å². The second-order valence-corrected chi connectivity index (χ2v) is 24.1. The van der Waals surface area contributed by atoms with Crippen LogP contribution in [0.1, 0.15) is 35.1 Å². The minimum Gasteiger partial charge on any atom is -0.415 e. The molecule has 71 heavy (non-hydrogen) atoms. The molecule has 1 aliphatic carbocycles. The summed E-state index contributed by atoms with van der Waals surface area (Å²) in [6.45, 7) is 13.5. The van der Waals surface area contributed by atoms with Gasteiger partial charge in [0.1, 0.15) is 5.82 Å². The first-order valence-electron chi connectivity index (χ1n) is 24.5. The van der Waals surface area contributed by atoms with Gasteiger partial charge in [-0.1, -0.05) is 173 Å². The van der Waals surface area contributed by atoms with Crippen LogP contribution in [0.15, 0.2) is 176 Å². The van der Waals surface area contributed by atoms with E-state index in [1.807, 2.05) is 12.3 Å². The summed E-state index contributed by atoms with van der Waals surface area (Å²) in [4.78, 5) is 15.1. The normalized spacial score (nSPS) is 15.2. The number of allylic oxidation sites excluding steroid dienone is 4. The van der Waals surface area contributed by atoms with E-state index in [0.29, 0.717) is 0 Å². The van der Waals surface area contributed by atoms with Gasteiger partial charge in [0.05, 0.1) is 16.7 Å². The molecule has 3 aliphatic heterocycles. The Bertz CT molecular complexity index is 3610. The SMILES string of the molecule is Cc1cccc(C)c1B1N(c2[c-]c(N3B(c4c(C)cccc4C)N(c4ccccc4)c4cccnc43)ccc2)c2[c-]c3c(cc2N1c1ccccc1)[Si](C)(C)c1cccc2c1n-3[c-][n+]2C1=CC=CCC1.[Pt]. The number of nitrogens with zero attached hydrogens (tertiary/aromatic N) is 7. The Morgan fingerprint density at radius 3 is 1.80 bits per heavy atom. The topological polar surface area (TPSA) is 34.7 Å². The molecule has 0 amide bonds. The number of para-hydroxylation sites is 3. The fourth-order valence-corrected chi connectivity index (χ4v) is 14.8. The number of hydrogen-bond acceptors (Lipinski definition) is 5. The number of pyridine rings is 1. The number of aromatic nitrogens is 3. The van der Waals surface area contributed by atoms with Gasteiger partial charge in [0.15, 0.2) is 0 Å². The molecule has 0 radical (unpaired) electrons. The molecule has 0 saturated carbocycles. The molecule has 0 spiro atoms. The molecule has 348 valence electrons. The number of anilines is 8. The first-order chi connectivity index (χ1) is 34.2. The van der Waals surface area contributed by atoms with Gasteiger partial charge in [0.2, 0.25) is 0 Å². The van der Waals surface area contributed by atoms with Crippen molar-refractivity contribution in [3.8, 4) is 5.69 Å². The molecule has 13 rings (SSSR count). The summed E-state index contributed by atoms with van der Waals surface area (Å²) in [7, 11) is -2.33. The summed E-state index contributed by atoms with van der Waals surface area (Å²) in [6, 6.07) is 63.7. The van der Waals surface area contributed by atoms with Gasteiger partial charge < -0.3 is 23.8 Å². The van der Waals surface area contributed by atoms with Crippen molar-refractivity contribution in [2.45, 2.75) is 53.6 Å². The van der Waals surface area contributed by atoms with E-state index in [4.69, 9.17) is 4.98 Å². The molecule has 0 unspecified atom stereocenters. The zero-order chi connectivity index (χ0) is 47.4. The van der Waals surface area contributed by atoms with Crippen LogP contribution < -0.4 is 45.1 Å². The second kappa shape index (κ2) is 17.3. The van der Waals surface area contributed by atoms with Crippen LogP contribution >= 0.6 is 0 Å². The van der Waals surface area contributed by atoms with E-state index in [1.54, 1.807) is 0 Å². The van der Waals surface area contributed by atoms with Crippen molar-refractivity contribution in [1.29, 1.82) is 0 Å². The fourth-order valence-electron chi connectivity index (χ4n) is 11.9. The van der Waals surface area contributed by atoms with Crippen molar-refractivity contribution in [3.63, 3.8) is 0 Å². The van der Waals surface area contributed by atoms with Crippen molar-refractivity contribution in [3.05, 3.63) is 217 Å². The summed E-state index contributed by atoms with van der Waals surface area (Å²) in [5.74, 6) is 0.891. The van der Waals surface area contributed by atoms with E-state index >= 15 is 0 Å². The van der Waals surface area contributed by atoms with Crippen molar-refractivity contribution >= 4 is 106 Å². The summed E-state index contributed by atoms with van der Waals surface area (Å²) in [5.41, 5.74) is 19.5. The van der Waals surface area contributed by atoms with Gasteiger partial charge in [-0.25, -0.2) is 4.98 Å². The van der Waals surface area contributed by atoms with Gasteiger partial charge >= 0.3 is 14.0 Å². The molecule has 5 heterocycles. The molecule has 7 aromatic carbocycles. The quantitative estimate of drug-likeness (QED) is 0.0903. The van der Waals surface area contributed by atoms with E-state index in [9.17, 15) is 0 Å². The average Bonchev–Trinajstić information content (AvgIpc) is 4.05. The average molecular weight is 1110 g/mol. The monoisotopic (exact) mass is 1110 g/mol. The smallest absolute Gasteiger partial charge is 0.415 e. The standard InChI is InChI=1S/C60H51B2N7Si.Pt/c1-41-21-16-22-42(2)57(41)61-67(47-29-14-9-15-30-47)53-39-56-54(65-40-64(45-25-10-7-11-26-45)50-33-19-35-55(59(50)65)70(56,5)6)38-52(53)68(61)48-31-18-32-49(37-48)69-60-51(34-20-36-63-60)66(46-27-12-8-13-28-46)62(69)58-43(3)23-17-24-44(58)4;/h7-10,12-25,27-36,39H,11,26H2,1-6H3;/q-2;. The second-order valence-electron chi connectivity index (χ2n) is 19.7. The van der Waals surface area contributed by atoms with Crippen molar-refractivity contribution < 1.29 is 25.6 Å². The summed E-state index contributed by atoms with van der Waals surface area (Å²) in [6.07, 6.45) is 14.5. The molecule has 9 aromatic rings. The fraction of sp³-hybridized carbons (Fsp3) is 0.133. The number of rotatable bonds is 7. The molecule has 0 fully saturated rings. The van der Waals surface area contributed by atoms with Crippen LogP contribution in [0, 0.1) is 46.2 Å². The van der Waals surface area contributed by atoms with E-state index in [2.05, 4.69) is 251 Å². The van der Waals surface area contributed by atoms with E-state index in [0.717, 1.165) is 64.2 Å². The zero-order valence-corrected chi connectivity index (χ0v) is 44.0. The minimum absolute atomic E-state index is 0. The predicted octanol–water partition coefficient (Wildman–Crippen LogP) is 10.6. The Kier molecular flexibility index (Phi) is 11.0. The van der Waals surface area contributed by atoms with Crippen LogP contribution in [-0.4, -0.2) is 31.6 Å². The summed E-state index contributed by atoms with van der Waals surface area (Å²) in [5, 5.41) is 2.77. The third-order valence-corrected chi connectivity index (χ3v) is 18.7. The van der Waals surface area contributed by atoms with Crippen molar-refractivity contribution in [2.75, 3.05) is 19.2 Å². The Balaban J connectivity index is 0.00000517. The third-order valence-electron chi connectivity index (χ3n) is 15.2. The molecular weight excluding hydrogens is 1060 g/mol. The Morgan fingerprint density at radius 1 is 0.577 bits per heavy atom. The van der Waals surface area contributed by atoms with Crippen molar-refractivity contribution in [2.24, 2.45) is 0 Å². The summed E-state index contributed by atoms with van der Waals surface area (Å²) >= 11 is 0. The Labute approximate surface area is 433 Å². The maximum atomic E-state index is 5.19. The number of benzene rings is 7. The Hall–Kier alpha value is -7.12. The molecule has 2 aromatic heterocycles. The third kappa shape index (κ3) is 6.89. The predicted molar refractivity (Wildman–Crippen MR) is 294 cm³/mol. The van der Waals surface area contributed by atoms with Gasteiger partial charge in [0, 0.05) is 52.4 Å². The van der Waals surface area contributed by atoms with Crippen LogP contribution in [0.3, 0.4) is 0 Å². The summed E-state index contributed by atoms with van der Waals surface area (Å²) < 4.78 is 4.64. The maximum absolute atomic E-state index is 5.19. The number of hydrogen-bond donors (Lipinski definition) is 0. The van der Waals surface area contributed by atoms with Gasteiger partial charge in [-0.2, -0.15) is 18.2 Å². The van der Waals surface area contributed by atoms with Crippen LogP contribution in [0.25, 0.3) is 22.4 Å². The molecule has 0 atom stereocenters. The number of fused-ring (bicyclic) bond motifs is 4. The van der Waals surface area contributed by atoms with Gasteiger partial charge in [-0.3, -0.25) is 4.57 Å². The largest absolute Gasteiger partial charge is 0.420 e. The van der Waals surface area contributed by atoms with E-state index < -0.39 is 8.07 Å².